The highest BCUT2D eigenvalue weighted by molar-refractivity contribution is 5.69. The zero-order valence-electron chi connectivity index (χ0n) is 11.9. The number of ether oxygens (including phenoxy) is 2. The van der Waals surface area contributed by atoms with Gasteiger partial charge in [0.25, 0.3) is 0 Å². The number of anilines is 1. The van der Waals surface area contributed by atoms with Gasteiger partial charge >= 0.3 is 0 Å². The van der Waals surface area contributed by atoms with Crippen LogP contribution in [-0.4, -0.2) is 23.5 Å². The van der Waals surface area contributed by atoms with E-state index in [0.29, 0.717) is 16.9 Å². The van der Waals surface area contributed by atoms with Crippen molar-refractivity contribution in [2.24, 2.45) is 0 Å². The monoisotopic (exact) mass is 291 g/mol. The molecule has 0 saturated carbocycles. The molecule has 0 amide bonds. The number of halogens is 1. The van der Waals surface area contributed by atoms with Gasteiger partial charge in [0.05, 0.1) is 19.0 Å². The lowest BCUT2D eigenvalue weighted by atomic mass is 10.1. The molecule has 1 atom stereocenters. The minimum Gasteiger partial charge on any atom is -0.495 e. The van der Waals surface area contributed by atoms with E-state index in [0.717, 1.165) is 25.9 Å². The number of hydrogen-bond acceptors (Lipinski definition) is 4. The van der Waals surface area contributed by atoms with Gasteiger partial charge in [0.1, 0.15) is 17.8 Å². The SMILES string of the molecule is COc1cc(-c2cnn(C3CCCCO3)c2)c(F)cc1N. The molecule has 21 heavy (non-hydrogen) atoms. The molecule has 1 aromatic heterocycles. The lowest BCUT2D eigenvalue weighted by Gasteiger charge is -2.22. The van der Waals surface area contributed by atoms with Crippen molar-refractivity contribution in [1.29, 1.82) is 0 Å². The minimum absolute atomic E-state index is 0.0637. The molecule has 112 valence electrons. The summed E-state index contributed by atoms with van der Waals surface area (Å²) in [5, 5.41) is 4.29. The average Bonchev–Trinajstić information content (AvgIpc) is 2.98. The standard InChI is InChI=1S/C15H18FN3O2/c1-20-14-6-11(12(16)7-13(14)17)10-8-18-19(9-10)15-4-2-3-5-21-15/h6-9,15H,2-5,17H2,1H3. The Kier molecular flexibility index (Phi) is 3.79. The zero-order chi connectivity index (χ0) is 14.8. The highest BCUT2D eigenvalue weighted by Gasteiger charge is 2.18. The molecule has 1 aliphatic heterocycles. The molecule has 2 aromatic rings. The van der Waals surface area contributed by atoms with E-state index in [1.807, 2.05) is 0 Å². The van der Waals surface area contributed by atoms with Crippen LogP contribution in [0.4, 0.5) is 10.1 Å². The van der Waals surface area contributed by atoms with Crippen LogP contribution >= 0.6 is 0 Å². The van der Waals surface area contributed by atoms with Crippen LogP contribution in [0.15, 0.2) is 24.5 Å². The summed E-state index contributed by atoms with van der Waals surface area (Å²) in [7, 11) is 1.51. The molecule has 0 spiro atoms. The molecule has 3 rings (SSSR count). The van der Waals surface area contributed by atoms with Gasteiger partial charge in [-0.3, -0.25) is 0 Å². The van der Waals surface area contributed by atoms with Crippen molar-refractivity contribution in [3.05, 3.63) is 30.3 Å². The molecule has 1 unspecified atom stereocenters. The van der Waals surface area contributed by atoms with Crippen LogP contribution in [0.2, 0.25) is 0 Å². The Balaban J connectivity index is 1.92. The Hall–Kier alpha value is -2.08. The number of hydrogen-bond donors (Lipinski definition) is 1. The highest BCUT2D eigenvalue weighted by Crippen LogP contribution is 2.32. The van der Waals surface area contributed by atoms with Crippen LogP contribution in [0.3, 0.4) is 0 Å². The molecule has 1 aromatic carbocycles. The van der Waals surface area contributed by atoms with Gasteiger partial charge in [-0.2, -0.15) is 5.10 Å². The van der Waals surface area contributed by atoms with Crippen LogP contribution in [0.1, 0.15) is 25.5 Å². The predicted molar refractivity (Wildman–Crippen MR) is 77.4 cm³/mol. The predicted octanol–water partition coefficient (Wildman–Crippen LogP) is 2.98. The van der Waals surface area contributed by atoms with Gasteiger partial charge in [-0.1, -0.05) is 0 Å². The maximum atomic E-state index is 14.1. The third-order valence-corrected chi connectivity index (χ3v) is 3.68. The Morgan fingerprint density at radius 3 is 3.00 bits per heavy atom. The van der Waals surface area contributed by atoms with E-state index in [9.17, 15) is 4.39 Å². The van der Waals surface area contributed by atoms with Gasteiger partial charge < -0.3 is 15.2 Å². The van der Waals surface area contributed by atoms with E-state index in [-0.39, 0.29) is 11.9 Å². The maximum absolute atomic E-state index is 14.1. The normalized spacial score (nSPS) is 18.7. The van der Waals surface area contributed by atoms with Crippen LogP contribution in [-0.2, 0) is 4.74 Å². The van der Waals surface area contributed by atoms with E-state index in [2.05, 4.69) is 5.10 Å². The topological polar surface area (TPSA) is 62.3 Å². The highest BCUT2D eigenvalue weighted by atomic mass is 19.1. The van der Waals surface area contributed by atoms with Crippen molar-refractivity contribution in [2.75, 3.05) is 19.5 Å². The summed E-state index contributed by atoms with van der Waals surface area (Å²) in [4.78, 5) is 0. The second-order valence-corrected chi connectivity index (χ2v) is 5.10. The molecule has 2 heterocycles. The summed E-state index contributed by atoms with van der Waals surface area (Å²) in [6, 6.07) is 2.86. The molecule has 0 aliphatic carbocycles. The first-order valence-corrected chi connectivity index (χ1v) is 6.98. The van der Waals surface area contributed by atoms with Gasteiger partial charge in [-0.05, 0) is 25.3 Å². The second-order valence-electron chi connectivity index (χ2n) is 5.10. The van der Waals surface area contributed by atoms with Crippen molar-refractivity contribution in [2.45, 2.75) is 25.5 Å². The molecule has 1 aliphatic rings. The number of nitrogen functional groups attached to an aromatic ring is 1. The first-order valence-electron chi connectivity index (χ1n) is 6.98. The van der Waals surface area contributed by atoms with E-state index in [1.54, 1.807) is 23.1 Å². The number of nitrogens with two attached hydrogens (primary N) is 1. The average molecular weight is 291 g/mol. The Morgan fingerprint density at radius 2 is 2.29 bits per heavy atom. The van der Waals surface area contributed by atoms with Crippen molar-refractivity contribution in [3.63, 3.8) is 0 Å². The summed E-state index contributed by atoms with van der Waals surface area (Å²) < 4.78 is 26.7. The third kappa shape index (κ3) is 2.71. The molecule has 1 fully saturated rings. The van der Waals surface area contributed by atoms with Crippen LogP contribution < -0.4 is 10.5 Å². The fourth-order valence-electron chi connectivity index (χ4n) is 2.53. The van der Waals surface area contributed by atoms with Gasteiger partial charge in [0.15, 0.2) is 0 Å². The maximum Gasteiger partial charge on any atom is 0.150 e. The molecule has 6 heteroatoms. The largest absolute Gasteiger partial charge is 0.495 e. The molecule has 0 bridgehead atoms. The lowest BCUT2D eigenvalue weighted by Crippen LogP contribution is -2.18. The van der Waals surface area contributed by atoms with E-state index < -0.39 is 5.82 Å². The van der Waals surface area contributed by atoms with Gasteiger partial charge in [-0.25, -0.2) is 9.07 Å². The van der Waals surface area contributed by atoms with Gasteiger partial charge in [0.2, 0.25) is 0 Å². The Bertz CT molecular complexity index is 636. The molecule has 1 saturated heterocycles. The summed E-state index contributed by atoms with van der Waals surface area (Å²) >= 11 is 0. The quantitative estimate of drug-likeness (QED) is 0.883. The van der Waals surface area contributed by atoms with Crippen molar-refractivity contribution < 1.29 is 13.9 Å². The van der Waals surface area contributed by atoms with Crippen LogP contribution in [0, 0.1) is 5.82 Å². The van der Waals surface area contributed by atoms with Crippen molar-refractivity contribution in [3.8, 4) is 16.9 Å². The zero-order valence-corrected chi connectivity index (χ0v) is 11.9. The number of aromatic nitrogens is 2. The molecule has 2 N–H and O–H groups in total. The molecular weight excluding hydrogens is 273 g/mol. The Labute approximate surface area is 122 Å². The first-order chi connectivity index (χ1) is 10.2. The first kappa shape index (κ1) is 13.9. The summed E-state index contributed by atoms with van der Waals surface area (Å²) in [5.74, 6) is 0.0606. The van der Waals surface area contributed by atoms with Gasteiger partial charge in [-0.15, -0.1) is 0 Å². The fourth-order valence-corrected chi connectivity index (χ4v) is 2.53. The van der Waals surface area contributed by atoms with Crippen LogP contribution in [0.5, 0.6) is 5.75 Å². The number of methoxy groups -OCH3 is 1. The van der Waals surface area contributed by atoms with Gasteiger partial charge in [0, 0.05) is 30.0 Å². The van der Waals surface area contributed by atoms with E-state index in [4.69, 9.17) is 15.2 Å². The van der Waals surface area contributed by atoms with Crippen molar-refractivity contribution in [1.82, 2.24) is 9.78 Å². The smallest absolute Gasteiger partial charge is 0.150 e. The van der Waals surface area contributed by atoms with Crippen molar-refractivity contribution >= 4 is 5.69 Å². The molecular formula is C15H18FN3O2. The number of benzene rings is 1. The number of nitrogens with zero attached hydrogens (tertiary/aromatic N) is 2. The van der Waals surface area contributed by atoms with E-state index >= 15 is 0 Å². The second kappa shape index (κ2) is 5.73. The summed E-state index contributed by atoms with van der Waals surface area (Å²) in [6.45, 7) is 0.740. The fraction of sp³-hybridized carbons (Fsp3) is 0.400. The Morgan fingerprint density at radius 1 is 1.43 bits per heavy atom. The molecule has 5 nitrogen and oxygen atoms in total. The lowest BCUT2D eigenvalue weighted by molar-refractivity contribution is -0.0394. The summed E-state index contributed by atoms with van der Waals surface area (Å²) in [6.07, 6.45) is 6.48. The van der Waals surface area contributed by atoms with E-state index in [1.165, 1.54) is 13.2 Å². The molecule has 0 radical (unpaired) electrons. The van der Waals surface area contributed by atoms with Crippen LogP contribution in [0.25, 0.3) is 11.1 Å². The minimum atomic E-state index is -0.391. The summed E-state index contributed by atoms with van der Waals surface area (Å²) in [5.41, 5.74) is 7.07. The number of rotatable bonds is 3. The third-order valence-electron chi connectivity index (χ3n) is 3.68.